The number of carboxylic acid groups (broad SMARTS) is 1. The monoisotopic (exact) mass is 495 g/mol. The summed E-state index contributed by atoms with van der Waals surface area (Å²) in [7, 11) is 1.23. The van der Waals surface area contributed by atoms with Gasteiger partial charge in [0.2, 0.25) is 5.91 Å². The number of aliphatic carboxylic acids is 1. The fraction of sp³-hybridized carbons (Fsp3) is 0.320. The third-order valence-electron chi connectivity index (χ3n) is 5.51. The number of carbonyl (C=O) groups excluding carboxylic acids is 3. The molecule has 1 aromatic heterocycles. The molecule has 0 spiro atoms. The zero-order chi connectivity index (χ0) is 26.1. The highest BCUT2D eigenvalue weighted by atomic mass is 16.5. The number of aromatic nitrogens is 2. The summed E-state index contributed by atoms with van der Waals surface area (Å²) >= 11 is 0. The normalized spacial score (nSPS) is 11.6. The minimum absolute atomic E-state index is 0.164. The van der Waals surface area contributed by atoms with Crippen LogP contribution in [0.2, 0.25) is 0 Å². The quantitative estimate of drug-likeness (QED) is 0.272. The van der Waals surface area contributed by atoms with Crippen LogP contribution in [0.5, 0.6) is 0 Å². The molecule has 0 saturated heterocycles. The van der Waals surface area contributed by atoms with Crippen molar-refractivity contribution in [3.63, 3.8) is 0 Å². The van der Waals surface area contributed by atoms with E-state index in [-0.39, 0.29) is 19.4 Å². The molecule has 0 bridgehead atoms. The Kier molecular flexibility index (Phi) is 9.12. The molecule has 0 aliphatic carbocycles. The van der Waals surface area contributed by atoms with Gasteiger partial charge < -0.3 is 30.8 Å². The van der Waals surface area contributed by atoms with E-state index in [0.29, 0.717) is 36.4 Å². The molecule has 0 fully saturated rings. The fourth-order valence-corrected chi connectivity index (χ4v) is 3.79. The van der Waals surface area contributed by atoms with Crippen LogP contribution in [0.25, 0.3) is 11.0 Å². The maximum Gasteiger partial charge on any atom is 0.325 e. The molecule has 5 N–H and O–H groups in total. The molecular formula is C25H29N5O6. The number of nitrogens with two attached hydrogens (primary N) is 1. The van der Waals surface area contributed by atoms with Crippen LogP contribution in [0, 0.1) is 0 Å². The third-order valence-corrected chi connectivity index (χ3v) is 5.51. The number of amides is 2. The van der Waals surface area contributed by atoms with E-state index >= 15 is 0 Å². The van der Waals surface area contributed by atoms with E-state index in [0.717, 1.165) is 11.1 Å². The van der Waals surface area contributed by atoms with Crippen LogP contribution in [0.15, 0.2) is 48.5 Å². The van der Waals surface area contributed by atoms with Gasteiger partial charge in [-0.25, -0.2) is 4.98 Å². The molecule has 3 aromatic rings. The van der Waals surface area contributed by atoms with Gasteiger partial charge in [0.1, 0.15) is 12.4 Å². The predicted molar refractivity (Wildman–Crippen MR) is 131 cm³/mol. The van der Waals surface area contributed by atoms with Gasteiger partial charge in [-0.15, -0.1) is 0 Å². The first-order chi connectivity index (χ1) is 17.3. The number of ether oxygens (including phenoxy) is 1. The highest BCUT2D eigenvalue weighted by molar-refractivity contribution is 5.98. The molecule has 2 amide bonds. The Labute approximate surface area is 207 Å². The van der Waals surface area contributed by atoms with Crippen LogP contribution in [-0.4, -0.2) is 58.6 Å². The molecule has 1 unspecified atom stereocenters. The van der Waals surface area contributed by atoms with E-state index in [9.17, 15) is 19.2 Å². The molecule has 0 aliphatic rings. The second-order valence-corrected chi connectivity index (χ2v) is 8.08. The summed E-state index contributed by atoms with van der Waals surface area (Å²) in [5.74, 6) is -1.96. The minimum Gasteiger partial charge on any atom is -0.481 e. The number of esters is 1. The van der Waals surface area contributed by atoms with Crippen molar-refractivity contribution in [1.29, 1.82) is 0 Å². The van der Waals surface area contributed by atoms with Gasteiger partial charge in [-0.2, -0.15) is 0 Å². The van der Waals surface area contributed by atoms with E-state index in [4.69, 9.17) is 15.8 Å². The molecule has 3 rings (SSSR count). The van der Waals surface area contributed by atoms with Gasteiger partial charge in [0.05, 0.1) is 30.6 Å². The highest BCUT2D eigenvalue weighted by Crippen LogP contribution is 2.25. The molecule has 190 valence electrons. The average molecular weight is 496 g/mol. The van der Waals surface area contributed by atoms with Crippen molar-refractivity contribution >= 4 is 34.8 Å². The lowest BCUT2D eigenvalue weighted by Gasteiger charge is -2.20. The fourth-order valence-electron chi connectivity index (χ4n) is 3.79. The van der Waals surface area contributed by atoms with Crippen LogP contribution in [0.1, 0.15) is 40.6 Å². The number of imidazole rings is 1. The Morgan fingerprint density at radius 2 is 1.86 bits per heavy atom. The summed E-state index contributed by atoms with van der Waals surface area (Å²) in [5.41, 5.74) is 8.36. The number of carbonyl (C=O) groups is 4. The lowest BCUT2D eigenvalue weighted by Crippen LogP contribution is -2.32. The summed E-state index contributed by atoms with van der Waals surface area (Å²) in [6, 6.07) is 13.9. The standard InChI is InChI=1S/C25H29N5O6/c1-36-23(34)15-27-25(35)17-7-8-20-18(14-17)29-24(30(20)12-11-26)19(13-16-5-3-2-4-6-16)28-21(31)9-10-22(32)33/h2-8,14,19H,9-13,15,26H2,1H3,(H,27,35)(H,28,31)(H,32,33). The van der Waals surface area contributed by atoms with E-state index < -0.39 is 29.8 Å². The van der Waals surface area contributed by atoms with E-state index in [2.05, 4.69) is 15.4 Å². The SMILES string of the molecule is COC(=O)CNC(=O)c1ccc2c(c1)nc(C(Cc1ccccc1)NC(=O)CCC(=O)O)n2CCN. The van der Waals surface area contributed by atoms with Crippen LogP contribution in [0.3, 0.4) is 0 Å². The molecular weight excluding hydrogens is 466 g/mol. The number of carboxylic acids is 1. The van der Waals surface area contributed by atoms with Gasteiger partial charge >= 0.3 is 11.9 Å². The first-order valence-electron chi connectivity index (χ1n) is 11.4. The molecule has 0 saturated carbocycles. The first kappa shape index (κ1) is 26.4. The summed E-state index contributed by atoms with van der Waals surface area (Å²) in [6.45, 7) is 0.461. The lowest BCUT2D eigenvalue weighted by atomic mass is 10.0. The van der Waals surface area contributed by atoms with Crippen LogP contribution < -0.4 is 16.4 Å². The summed E-state index contributed by atoms with van der Waals surface area (Å²) in [6.07, 6.45) is -0.0323. The van der Waals surface area contributed by atoms with E-state index in [1.165, 1.54) is 7.11 Å². The van der Waals surface area contributed by atoms with Crippen molar-refractivity contribution < 1.29 is 29.0 Å². The van der Waals surface area contributed by atoms with Crippen molar-refractivity contribution in [2.24, 2.45) is 5.73 Å². The van der Waals surface area contributed by atoms with Gasteiger partial charge in [0.25, 0.3) is 5.91 Å². The molecule has 11 nitrogen and oxygen atoms in total. The maximum atomic E-state index is 12.6. The van der Waals surface area contributed by atoms with Crippen molar-refractivity contribution in [2.75, 3.05) is 20.2 Å². The highest BCUT2D eigenvalue weighted by Gasteiger charge is 2.23. The Balaban J connectivity index is 1.97. The van der Waals surface area contributed by atoms with Gasteiger partial charge in [-0.3, -0.25) is 19.2 Å². The Hall–Kier alpha value is -4.25. The van der Waals surface area contributed by atoms with Crippen molar-refractivity contribution in [2.45, 2.75) is 31.8 Å². The number of rotatable bonds is 12. The Morgan fingerprint density at radius 3 is 2.53 bits per heavy atom. The van der Waals surface area contributed by atoms with Crippen LogP contribution >= 0.6 is 0 Å². The zero-order valence-corrected chi connectivity index (χ0v) is 19.9. The number of hydrogen-bond acceptors (Lipinski definition) is 7. The maximum absolute atomic E-state index is 12.6. The number of fused-ring (bicyclic) bond motifs is 1. The summed E-state index contributed by atoms with van der Waals surface area (Å²) in [5, 5.41) is 14.4. The van der Waals surface area contributed by atoms with Gasteiger partial charge in [0, 0.05) is 25.1 Å². The number of nitrogens with zero attached hydrogens (tertiary/aromatic N) is 2. The van der Waals surface area contributed by atoms with Crippen LogP contribution in [0.4, 0.5) is 0 Å². The predicted octanol–water partition coefficient (Wildman–Crippen LogP) is 1.16. The number of nitrogens with one attached hydrogen (secondary N) is 2. The lowest BCUT2D eigenvalue weighted by molar-refractivity contribution is -0.139. The smallest absolute Gasteiger partial charge is 0.325 e. The van der Waals surface area contributed by atoms with E-state index in [1.54, 1.807) is 18.2 Å². The molecule has 0 aliphatic heterocycles. The molecule has 36 heavy (non-hydrogen) atoms. The van der Waals surface area contributed by atoms with Gasteiger partial charge in [-0.05, 0) is 30.2 Å². The Bertz CT molecular complexity index is 1240. The molecule has 11 heteroatoms. The topological polar surface area (TPSA) is 166 Å². The first-order valence-corrected chi connectivity index (χ1v) is 11.4. The third kappa shape index (κ3) is 6.89. The summed E-state index contributed by atoms with van der Waals surface area (Å²) in [4.78, 5) is 52.1. The molecule has 0 radical (unpaired) electrons. The number of benzene rings is 2. The number of methoxy groups -OCH3 is 1. The van der Waals surface area contributed by atoms with Crippen molar-refractivity contribution in [3.05, 3.63) is 65.5 Å². The van der Waals surface area contributed by atoms with Crippen molar-refractivity contribution in [3.8, 4) is 0 Å². The second-order valence-electron chi connectivity index (χ2n) is 8.08. The largest absolute Gasteiger partial charge is 0.481 e. The molecule has 2 aromatic carbocycles. The van der Waals surface area contributed by atoms with Crippen molar-refractivity contribution in [1.82, 2.24) is 20.2 Å². The minimum atomic E-state index is -1.06. The van der Waals surface area contributed by atoms with E-state index in [1.807, 2.05) is 34.9 Å². The average Bonchev–Trinajstić information content (AvgIpc) is 3.23. The summed E-state index contributed by atoms with van der Waals surface area (Å²) < 4.78 is 6.43. The van der Waals surface area contributed by atoms with Crippen LogP contribution in [-0.2, 0) is 32.1 Å². The Morgan fingerprint density at radius 1 is 1.11 bits per heavy atom. The molecule has 1 atom stereocenters. The molecule has 1 heterocycles. The van der Waals surface area contributed by atoms with Gasteiger partial charge in [0.15, 0.2) is 0 Å². The zero-order valence-electron chi connectivity index (χ0n) is 19.9. The second kappa shape index (κ2) is 12.5. The van der Waals surface area contributed by atoms with Gasteiger partial charge in [-0.1, -0.05) is 30.3 Å². The number of hydrogen-bond donors (Lipinski definition) is 4.